The number of esters is 1. The summed E-state index contributed by atoms with van der Waals surface area (Å²) in [6.45, 7) is 3.92. The molecule has 1 aromatic rings. The number of unbranched alkanes of at least 4 members (excludes halogenated alkanes) is 1. The first-order chi connectivity index (χ1) is 11.6. The second kappa shape index (κ2) is 9.02. The third kappa shape index (κ3) is 4.79. The third-order valence-corrected chi connectivity index (χ3v) is 3.62. The van der Waals surface area contributed by atoms with Crippen molar-refractivity contribution in [3.63, 3.8) is 0 Å². The van der Waals surface area contributed by atoms with Gasteiger partial charge in [0.05, 0.1) is 31.1 Å². The number of para-hydroxylation sites is 1. The molecule has 0 spiro atoms. The molecule has 0 aromatic heterocycles. The number of anilines is 1. The normalized spacial score (nSPS) is 14.1. The van der Waals surface area contributed by atoms with Crippen LogP contribution >= 0.6 is 0 Å². The van der Waals surface area contributed by atoms with Crippen LogP contribution in [0.15, 0.2) is 24.3 Å². The molecule has 7 heteroatoms. The SMILES string of the molecule is CCCCOC(=O)c1ccccc1NC(=O)C(=O)N1CCOCC1. The number of hydrogen-bond acceptors (Lipinski definition) is 5. The molecule has 0 atom stereocenters. The first-order valence-electron chi connectivity index (χ1n) is 8.07. The van der Waals surface area contributed by atoms with Gasteiger partial charge in [0.1, 0.15) is 0 Å². The molecule has 1 saturated heterocycles. The van der Waals surface area contributed by atoms with Crippen LogP contribution in [0.1, 0.15) is 30.1 Å². The van der Waals surface area contributed by atoms with Crippen LogP contribution in [0.2, 0.25) is 0 Å². The van der Waals surface area contributed by atoms with E-state index in [2.05, 4.69) is 5.32 Å². The van der Waals surface area contributed by atoms with Crippen molar-refractivity contribution in [2.75, 3.05) is 38.2 Å². The lowest BCUT2D eigenvalue weighted by Gasteiger charge is -2.26. The van der Waals surface area contributed by atoms with Crippen LogP contribution in [0.5, 0.6) is 0 Å². The largest absolute Gasteiger partial charge is 0.462 e. The minimum absolute atomic E-state index is 0.233. The maximum atomic E-state index is 12.2. The molecule has 0 radical (unpaired) electrons. The summed E-state index contributed by atoms with van der Waals surface area (Å²) in [6.07, 6.45) is 1.69. The van der Waals surface area contributed by atoms with Crippen molar-refractivity contribution in [1.82, 2.24) is 4.90 Å². The summed E-state index contributed by atoms with van der Waals surface area (Å²) < 4.78 is 10.3. The van der Waals surface area contributed by atoms with Crippen LogP contribution in [0.4, 0.5) is 5.69 Å². The Balaban J connectivity index is 2.02. The maximum Gasteiger partial charge on any atom is 0.340 e. The Labute approximate surface area is 140 Å². The first-order valence-corrected chi connectivity index (χ1v) is 8.07. The van der Waals surface area contributed by atoms with Gasteiger partial charge in [-0.2, -0.15) is 0 Å². The lowest BCUT2D eigenvalue weighted by molar-refractivity contribution is -0.145. The highest BCUT2D eigenvalue weighted by atomic mass is 16.5. The molecular formula is C17H22N2O5. The smallest absolute Gasteiger partial charge is 0.340 e. The van der Waals surface area contributed by atoms with Gasteiger partial charge in [-0.3, -0.25) is 9.59 Å². The number of ether oxygens (including phenoxy) is 2. The molecule has 0 unspecified atom stereocenters. The van der Waals surface area contributed by atoms with Gasteiger partial charge in [0.2, 0.25) is 0 Å². The number of morpholine rings is 1. The molecule has 0 saturated carbocycles. The average Bonchev–Trinajstić information content (AvgIpc) is 2.62. The summed E-state index contributed by atoms with van der Waals surface area (Å²) in [4.78, 5) is 37.8. The Kier molecular flexibility index (Phi) is 6.74. The Morgan fingerprint density at radius 1 is 1.21 bits per heavy atom. The summed E-state index contributed by atoms with van der Waals surface area (Å²) in [5, 5.41) is 2.51. The molecule has 130 valence electrons. The number of nitrogens with zero attached hydrogens (tertiary/aromatic N) is 1. The number of amides is 2. The van der Waals surface area contributed by atoms with Gasteiger partial charge in [0.25, 0.3) is 0 Å². The number of benzene rings is 1. The Morgan fingerprint density at radius 2 is 1.92 bits per heavy atom. The Bertz CT molecular complexity index is 596. The summed E-state index contributed by atoms with van der Waals surface area (Å²) in [7, 11) is 0. The van der Waals surface area contributed by atoms with Crippen molar-refractivity contribution in [2.24, 2.45) is 0 Å². The van der Waals surface area contributed by atoms with Gasteiger partial charge in [-0.15, -0.1) is 0 Å². The molecule has 1 aliphatic rings. The van der Waals surface area contributed by atoms with Crippen LogP contribution in [0.3, 0.4) is 0 Å². The van der Waals surface area contributed by atoms with Crippen LogP contribution in [-0.4, -0.2) is 55.6 Å². The van der Waals surface area contributed by atoms with E-state index in [4.69, 9.17) is 9.47 Å². The molecule has 7 nitrogen and oxygen atoms in total. The molecule has 0 aliphatic carbocycles. The Hall–Kier alpha value is -2.41. The molecule has 0 bridgehead atoms. The van der Waals surface area contributed by atoms with E-state index < -0.39 is 17.8 Å². The highest BCUT2D eigenvalue weighted by Crippen LogP contribution is 2.17. The summed E-state index contributed by atoms with van der Waals surface area (Å²) in [6, 6.07) is 6.48. The molecule has 1 heterocycles. The van der Waals surface area contributed by atoms with Gasteiger partial charge in [0, 0.05) is 13.1 Å². The van der Waals surface area contributed by atoms with Crippen molar-refractivity contribution >= 4 is 23.5 Å². The van der Waals surface area contributed by atoms with E-state index in [0.29, 0.717) is 32.9 Å². The Morgan fingerprint density at radius 3 is 2.62 bits per heavy atom. The second-order valence-electron chi connectivity index (χ2n) is 5.39. The lowest BCUT2D eigenvalue weighted by atomic mass is 10.1. The van der Waals surface area contributed by atoms with E-state index in [-0.39, 0.29) is 11.3 Å². The van der Waals surface area contributed by atoms with Gasteiger partial charge in [-0.05, 0) is 18.6 Å². The highest BCUT2D eigenvalue weighted by Gasteiger charge is 2.25. The maximum absolute atomic E-state index is 12.2. The summed E-state index contributed by atoms with van der Waals surface area (Å²) in [5.74, 6) is -1.92. The standard InChI is InChI=1S/C17H22N2O5/c1-2-3-10-24-17(22)13-6-4-5-7-14(13)18-15(20)16(21)19-8-11-23-12-9-19/h4-7H,2-3,8-12H2,1H3,(H,18,20). The zero-order valence-electron chi connectivity index (χ0n) is 13.7. The fraction of sp³-hybridized carbons (Fsp3) is 0.471. The summed E-state index contributed by atoms with van der Waals surface area (Å²) >= 11 is 0. The van der Waals surface area contributed by atoms with E-state index >= 15 is 0 Å². The zero-order chi connectivity index (χ0) is 17.4. The van der Waals surface area contributed by atoms with Gasteiger partial charge in [-0.25, -0.2) is 4.79 Å². The van der Waals surface area contributed by atoms with Gasteiger partial charge < -0.3 is 19.7 Å². The zero-order valence-corrected chi connectivity index (χ0v) is 13.7. The first kappa shape index (κ1) is 17.9. The van der Waals surface area contributed by atoms with Crippen LogP contribution in [0, 0.1) is 0 Å². The van der Waals surface area contributed by atoms with E-state index in [1.165, 1.54) is 4.90 Å². The lowest BCUT2D eigenvalue weighted by Crippen LogP contribution is -2.46. The van der Waals surface area contributed by atoms with E-state index in [1.807, 2.05) is 6.92 Å². The van der Waals surface area contributed by atoms with Crippen molar-refractivity contribution < 1.29 is 23.9 Å². The van der Waals surface area contributed by atoms with Crippen LogP contribution in [0.25, 0.3) is 0 Å². The predicted octanol–water partition coefficient (Wildman–Crippen LogP) is 1.44. The van der Waals surface area contributed by atoms with Crippen molar-refractivity contribution in [1.29, 1.82) is 0 Å². The second-order valence-corrected chi connectivity index (χ2v) is 5.39. The molecule has 1 aliphatic heterocycles. The van der Waals surface area contributed by atoms with Crippen molar-refractivity contribution in [3.05, 3.63) is 29.8 Å². The number of carbonyl (C=O) groups is 3. The van der Waals surface area contributed by atoms with Crippen LogP contribution in [-0.2, 0) is 19.1 Å². The molecule has 2 rings (SSSR count). The number of rotatable bonds is 5. The van der Waals surface area contributed by atoms with Crippen molar-refractivity contribution in [3.8, 4) is 0 Å². The topological polar surface area (TPSA) is 84.9 Å². The summed E-state index contributed by atoms with van der Waals surface area (Å²) in [5.41, 5.74) is 0.502. The molecule has 1 fully saturated rings. The van der Waals surface area contributed by atoms with E-state index in [1.54, 1.807) is 24.3 Å². The number of hydrogen-bond donors (Lipinski definition) is 1. The van der Waals surface area contributed by atoms with E-state index in [0.717, 1.165) is 12.8 Å². The molecule has 1 N–H and O–H groups in total. The number of carbonyl (C=O) groups excluding carboxylic acids is 3. The quantitative estimate of drug-likeness (QED) is 0.500. The van der Waals surface area contributed by atoms with Gasteiger partial charge in [-0.1, -0.05) is 25.5 Å². The molecule has 24 heavy (non-hydrogen) atoms. The fourth-order valence-corrected chi connectivity index (χ4v) is 2.24. The molecule has 2 amide bonds. The highest BCUT2D eigenvalue weighted by molar-refractivity contribution is 6.39. The predicted molar refractivity (Wildman–Crippen MR) is 87.7 cm³/mol. The van der Waals surface area contributed by atoms with Gasteiger partial charge in [0.15, 0.2) is 0 Å². The fourth-order valence-electron chi connectivity index (χ4n) is 2.24. The van der Waals surface area contributed by atoms with E-state index in [9.17, 15) is 14.4 Å². The minimum atomic E-state index is -0.772. The minimum Gasteiger partial charge on any atom is -0.462 e. The molecular weight excluding hydrogens is 312 g/mol. The van der Waals surface area contributed by atoms with Gasteiger partial charge >= 0.3 is 17.8 Å². The van der Waals surface area contributed by atoms with Crippen molar-refractivity contribution in [2.45, 2.75) is 19.8 Å². The third-order valence-electron chi connectivity index (χ3n) is 3.62. The number of nitrogens with one attached hydrogen (secondary N) is 1. The monoisotopic (exact) mass is 334 g/mol. The van der Waals surface area contributed by atoms with Crippen LogP contribution < -0.4 is 5.32 Å². The average molecular weight is 334 g/mol. The molecule has 1 aromatic carbocycles.